The van der Waals surface area contributed by atoms with Crippen molar-refractivity contribution in [2.75, 3.05) is 19.0 Å². The van der Waals surface area contributed by atoms with Crippen LogP contribution in [0, 0.1) is 0 Å². The predicted molar refractivity (Wildman–Crippen MR) is 186 cm³/mol. The fourth-order valence-corrected chi connectivity index (χ4v) is 4.90. The zero-order chi connectivity index (χ0) is 39.8. The fraction of sp³-hybridized carbons (Fsp3) is 0.500. The van der Waals surface area contributed by atoms with Crippen molar-refractivity contribution in [2.45, 2.75) is 95.9 Å². The summed E-state index contributed by atoms with van der Waals surface area (Å²) in [6.45, 7) is 4.02. The third kappa shape index (κ3) is 14.7. The SMILES string of the molecule is COC(=O)CC[C@H](NC(=O)CCCN1C(=O)C=CC1=O)C(=O)N[C@@H](C)C(=O)N[C@@H](C)C(=O)N[C@@H](C)C(=O)Nc1cc(C[C@H](N)CCC(=O)O)ccc1O. The number of carbonyl (C=O) groups is 9. The van der Waals surface area contributed by atoms with Crippen molar-refractivity contribution < 1.29 is 58.1 Å². The number of phenols is 1. The Kier molecular flexibility index (Phi) is 17.1. The maximum absolute atomic E-state index is 13.1. The Balaban J connectivity index is 1.91. The number of aliphatic carboxylic acids is 1. The van der Waals surface area contributed by atoms with E-state index in [0.29, 0.717) is 5.56 Å². The van der Waals surface area contributed by atoms with E-state index in [2.05, 4.69) is 31.3 Å². The van der Waals surface area contributed by atoms with E-state index in [9.17, 15) is 48.3 Å². The quantitative estimate of drug-likeness (QED) is 0.0414. The molecule has 0 unspecified atom stereocenters. The van der Waals surface area contributed by atoms with Crippen LogP contribution in [0.25, 0.3) is 0 Å². The van der Waals surface area contributed by atoms with Gasteiger partial charge in [0.05, 0.1) is 12.8 Å². The third-order valence-electron chi connectivity index (χ3n) is 8.00. The van der Waals surface area contributed by atoms with E-state index in [1.807, 2.05) is 0 Å². The van der Waals surface area contributed by atoms with Crippen molar-refractivity contribution in [3.63, 3.8) is 0 Å². The van der Waals surface area contributed by atoms with E-state index in [-0.39, 0.29) is 62.9 Å². The molecule has 1 aromatic carbocycles. The number of hydrogen-bond acceptors (Lipinski definition) is 12. The van der Waals surface area contributed by atoms with Gasteiger partial charge >= 0.3 is 11.9 Å². The minimum Gasteiger partial charge on any atom is -0.506 e. The fourth-order valence-electron chi connectivity index (χ4n) is 4.90. The number of phenolic OH excluding ortho intramolecular Hbond substituents is 1. The molecular weight excluding hydrogens is 698 g/mol. The normalized spacial score (nSPS) is 15.0. The van der Waals surface area contributed by atoms with Gasteiger partial charge in [-0.2, -0.15) is 0 Å². The molecule has 5 atom stereocenters. The van der Waals surface area contributed by atoms with Crippen molar-refractivity contribution in [1.82, 2.24) is 26.2 Å². The summed E-state index contributed by atoms with van der Waals surface area (Å²) < 4.78 is 4.60. The number of ether oxygens (including phenoxy) is 1. The number of hydrogen-bond donors (Lipinski definition) is 8. The molecule has 0 radical (unpaired) electrons. The van der Waals surface area contributed by atoms with E-state index in [0.717, 1.165) is 24.2 Å². The molecule has 7 amide bonds. The molecule has 2 rings (SSSR count). The van der Waals surface area contributed by atoms with E-state index in [1.54, 1.807) is 6.07 Å². The molecule has 0 aromatic heterocycles. The average Bonchev–Trinajstić information content (AvgIpc) is 3.42. The second kappa shape index (κ2) is 20.9. The van der Waals surface area contributed by atoms with Gasteiger partial charge in [-0.3, -0.25) is 48.1 Å². The Labute approximate surface area is 305 Å². The van der Waals surface area contributed by atoms with Crippen LogP contribution in [0.5, 0.6) is 5.75 Å². The number of nitrogens with one attached hydrogen (secondary N) is 5. The Morgan fingerprint density at radius 1 is 0.792 bits per heavy atom. The molecule has 19 nitrogen and oxygen atoms in total. The zero-order valence-corrected chi connectivity index (χ0v) is 29.9. The van der Waals surface area contributed by atoms with Crippen LogP contribution >= 0.6 is 0 Å². The van der Waals surface area contributed by atoms with Crippen molar-refractivity contribution in [3.05, 3.63) is 35.9 Å². The number of rotatable bonds is 21. The van der Waals surface area contributed by atoms with Crippen LogP contribution < -0.4 is 32.3 Å². The second-order valence-electron chi connectivity index (χ2n) is 12.4. The lowest BCUT2D eigenvalue weighted by Gasteiger charge is -2.23. The third-order valence-corrected chi connectivity index (χ3v) is 8.00. The Morgan fingerprint density at radius 3 is 1.92 bits per heavy atom. The Hall–Kier alpha value is -5.85. The molecule has 1 aromatic rings. The Morgan fingerprint density at radius 2 is 1.36 bits per heavy atom. The molecule has 9 N–H and O–H groups in total. The van der Waals surface area contributed by atoms with Gasteiger partial charge in [-0.25, -0.2) is 0 Å². The van der Waals surface area contributed by atoms with Crippen LogP contribution in [-0.4, -0.2) is 112 Å². The second-order valence-corrected chi connectivity index (χ2v) is 12.4. The molecule has 53 heavy (non-hydrogen) atoms. The summed E-state index contributed by atoms with van der Waals surface area (Å²) in [5, 5.41) is 31.4. The number of carboxylic acids is 1. The van der Waals surface area contributed by atoms with Crippen molar-refractivity contribution >= 4 is 59.0 Å². The van der Waals surface area contributed by atoms with Crippen molar-refractivity contribution in [3.8, 4) is 5.75 Å². The number of esters is 1. The molecule has 19 heteroatoms. The van der Waals surface area contributed by atoms with Crippen LogP contribution in [0.1, 0.15) is 64.9 Å². The number of benzene rings is 1. The number of imide groups is 1. The van der Waals surface area contributed by atoms with Crippen molar-refractivity contribution in [2.24, 2.45) is 5.73 Å². The highest BCUT2D eigenvalue weighted by atomic mass is 16.5. The first-order chi connectivity index (χ1) is 24.9. The molecule has 1 heterocycles. The Bertz CT molecular complexity index is 1580. The lowest BCUT2D eigenvalue weighted by Crippen LogP contribution is -2.56. The summed E-state index contributed by atoms with van der Waals surface area (Å²) in [7, 11) is 1.15. The minimum absolute atomic E-state index is 0.0185. The zero-order valence-electron chi connectivity index (χ0n) is 29.9. The monoisotopic (exact) mass is 745 g/mol. The first-order valence-corrected chi connectivity index (χ1v) is 16.8. The van der Waals surface area contributed by atoms with Gasteiger partial charge in [0.25, 0.3) is 11.8 Å². The molecule has 290 valence electrons. The highest BCUT2D eigenvalue weighted by Crippen LogP contribution is 2.25. The predicted octanol–water partition coefficient (Wildman–Crippen LogP) is -1.28. The molecule has 0 saturated heterocycles. The number of methoxy groups -OCH3 is 1. The van der Waals surface area contributed by atoms with Crippen LogP contribution in [0.2, 0.25) is 0 Å². The maximum Gasteiger partial charge on any atom is 0.305 e. The van der Waals surface area contributed by atoms with Gasteiger partial charge in [0.1, 0.15) is 29.9 Å². The van der Waals surface area contributed by atoms with Gasteiger partial charge in [-0.15, -0.1) is 0 Å². The summed E-state index contributed by atoms with van der Waals surface area (Å²) in [6, 6.07) is -0.867. The smallest absolute Gasteiger partial charge is 0.305 e. The topological polar surface area (TPSA) is 293 Å². The molecular formula is C34H47N7O12. The van der Waals surface area contributed by atoms with Gasteiger partial charge in [0.2, 0.25) is 29.5 Å². The number of aromatic hydroxyl groups is 1. The van der Waals surface area contributed by atoms with Gasteiger partial charge in [0.15, 0.2) is 0 Å². The number of anilines is 1. The summed E-state index contributed by atoms with van der Waals surface area (Å²) in [5.41, 5.74) is 6.66. The largest absolute Gasteiger partial charge is 0.506 e. The number of amides is 7. The van der Waals surface area contributed by atoms with E-state index in [1.165, 1.54) is 32.9 Å². The molecule has 0 saturated carbocycles. The molecule has 0 aliphatic carbocycles. The first-order valence-electron chi connectivity index (χ1n) is 16.8. The summed E-state index contributed by atoms with van der Waals surface area (Å²) in [6.07, 6.45) is 2.17. The molecule has 0 fully saturated rings. The summed E-state index contributed by atoms with van der Waals surface area (Å²) >= 11 is 0. The molecule has 1 aliphatic heterocycles. The van der Waals surface area contributed by atoms with Crippen LogP contribution in [-0.2, 0) is 54.3 Å². The molecule has 1 aliphatic rings. The standard InChI is InChI=1S/C34H47N7O12/c1-18(31(49)37-20(3)33(51)40-24-17-21(7-10-25(24)42)16-22(35)8-13-29(46)47)36-32(50)19(2)38-34(52)23(9-14-30(48)53-4)39-26(43)6-5-15-41-27(44)11-12-28(41)45/h7,10-12,17-20,22-23,42H,5-6,8-9,13-16,35H2,1-4H3,(H,36,50)(H,37,49)(H,38,52)(H,39,43)(H,40,51)(H,46,47)/t18-,19-,20-,22+,23-/m0/s1. The van der Waals surface area contributed by atoms with E-state index in [4.69, 9.17) is 10.8 Å². The maximum atomic E-state index is 13.1. The van der Waals surface area contributed by atoms with Gasteiger partial charge < -0.3 is 47.3 Å². The van der Waals surface area contributed by atoms with E-state index >= 15 is 0 Å². The first kappa shape index (κ1) is 43.3. The van der Waals surface area contributed by atoms with Gasteiger partial charge in [0, 0.05) is 44.0 Å². The van der Waals surface area contributed by atoms with E-state index < -0.39 is 83.5 Å². The summed E-state index contributed by atoms with van der Waals surface area (Å²) in [5.74, 6) is -6.54. The lowest BCUT2D eigenvalue weighted by molar-refractivity contribution is -0.141. The van der Waals surface area contributed by atoms with Crippen molar-refractivity contribution in [1.29, 1.82) is 0 Å². The van der Waals surface area contributed by atoms with Crippen LogP contribution in [0.4, 0.5) is 5.69 Å². The highest BCUT2D eigenvalue weighted by molar-refractivity contribution is 6.12. The number of carbonyl (C=O) groups excluding carboxylic acids is 8. The highest BCUT2D eigenvalue weighted by Gasteiger charge is 2.28. The lowest BCUT2D eigenvalue weighted by atomic mass is 10.0. The minimum atomic E-state index is -1.26. The molecule has 0 spiro atoms. The number of nitrogens with two attached hydrogens (primary N) is 1. The van der Waals surface area contributed by atoms with Gasteiger partial charge in [-0.1, -0.05) is 6.07 Å². The number of carboxylic acid groups (broad SMARTS) is 1. The van der Waals surface area contributed by atoms with Crippen LogP contribution in [0.15, 0.2) is 30.4 Å². The summed E-state index contributed by atoms with van der Waals surface area (Å²) in [4.78, 5) is 111. The average molecular weight is 746 g/mol. The number of nitrogens with zero attached hydrogens (tertiary/aromatic N) is 1. The van der Waals surface area contributed by atoms with Gasteiger partial charge in [-0.05, 0) is 64.2 Å². The molecule has 0 bridgehead atoms. The van der Waals surface area contributed by atoms with Crippen LogP contribution in [0.3, 0.4) is 0 Å².